The van der Waals surface area contributed by atoms with Gasteiger partial charge in [-0.05, 0) is 13.8 Å². The Hall–Kier alpha value is -1.14. The van der Waals surface area contributed by atoms with Crippen LogP contribution in [0.5, 0.6) is 0 Å². The molecule has 1 heterocycles. The summed E-state index contributed by atoms with van der Waals surface area (Å²) >= 11 is 0. The van der Waals surface area contributed by atoms with Crippen molar-refractivity contribution in [2.45, 2.75) is 26.0 Å². The first-order valence-corrected chi connectivity index (χ1v) is 5.36. The van der Waals surface area contributed by atoms with Gasteiger partial charge in [0, 0.05) is 25.7 Å². The highest BCUT2D eigenvalue weighted by molar-refractivity contribution is 6.35. The molecule has 1 fully saturated rings. The maximum Gasteiger partial charge on any atom is 0.312 e. The van der Waals surface area contributed by atoms with Gasteiger partial charge < -0.3 is 20.0 Å². The van der Waals surface area contributed by atoms with Crippen molar-refractivity contribution in [2.24, 2.45) is 0 Å². The zero-order chi connectivity index (χ0) is 12.3. The van der Waals surface area contributed by atoms with Gasteiger partial charge in [0.2, 0.25) is 0 Å². The lowest BCUT2D eigenvalue weighted by Gasteiger charge is -2.36. The lowest BCUT2D eigenvalue weighted by Crippen LogP contribution is -2.57. The monoisotopic (exact) mass is 230 g/mol. The molecule has 0 spiro atoms. The molecule has 2 N–H and O–H groups in total. The van der Waals surface area contributed by atoms with Crippen LogP contribution in [0, 0.1) is 0 Å². The fraction of sp³-hybridized carbons (Fsp3) is 0.800. The van der Waals surface area contributed by atoms with E-state index in [4.69, 9.17) is 5.11 Å². The molecule has 0 radical (unpaired) electrons. The molecule has 1 aliphatic heterocycles. The number of hydrogen-bond donors (Lipinski definition) is 2. The molecule has 0 aliphatic carbocycles. The third-order valence-corrected chi connectivity index (χ3v) is 2.61. The average molecular weight is 230 g/mol. The van der Waals surface area contributed by atoms with E-state index in [1.54, 1.807) is 0 Å². The summed E-state index contributed by atoms with van der Waals surface area (Å²) in [5, 5.41) is 17.9. The number of nitrogens with zero attached hydrogens (tertiary/aromatic N) is 2. The quantitative estimate of drug-likeness (QED) is 0.571. The molecule has 6 heteroatoms. The summed E-state index contributed by atoms with van der Waals surface area (Å²) in [4.78, 5) is 26.1. The Bertz CT molecular complexity index is 280. The van der Waals surface area contributed by atoms with Crippen molar-refractivity contribution in [1.29, 1.82) is 0 Å². The summed E-state index contributed by atoms with van der Waals surface area (Å²) in [7, 11) is 0. The Kier molecular flexibility index (Phi) is 4.26. The van der Waals surface area contributed by atoms with Crippen LogP contribution in [-0.2, 0) is 9.59 Å². The Balaban J connectivity index is 2.62. The zero-order valence-electron chi connectivity index (χ0n) is 9.59. The smallest absolute Gasteiger partial charge is 0.312 e. The third kappa shape index (κ3) is 2.70. The summed E-state index contributed by atoms with van der Waals surface area (Å²) in [6, 6.07) is 0.00126. The Morgan fingerprint density at radius 2 is 1.88 bits per heavy atom. The van der Waals surface area contributed by atoms with Crippen LogP contribution in [0.3, 0.4) is 0 Å². The van der Waals surface area contributed by atoms with E-state index in [0.717, 1.165) is 0 Å². The second-order valence-corrected chi connectivity index (χ2v) is 4.18. The minimum absolute atomic E-state index is 0.00126. The third-order valence-electron chi connectivity index (χ3n) is 2.61. The van der Waals surface area contributed by atoms with Crippen LogP contribution in [0.2, 0.25) is 0 Å². The van der Waals surface area contributed by atoms with Gasteiger partial charge in [-0.3, -0.25) is 9.59 Å². The van der Waals surface area contributed by atoms with Crippen LogP contribution in [0.15, 0.2) is 0 Å². The van der Waals surface area contributed by atoms with Crippen molar-refractivity contribution in [3.8, 4) is 0 Å². The van der Waals surface area contributed by atoms with Crippen LogP contribution in [0.25, 0.3) is 0 Å². The van der Waals surface area contributed by atoms with Gasteiger partial charge in [0.1, 0.15) is 0 Å². The van der Waals surface area contributed by atoms with Crippen molar-refractivity contribution in [3.63, 3.8) is 0 Å². The molecule has 0 bridgehead atoms. The topological polar surface area (TPSA) is 81.1 Å². The van der Waals surface area contributed by atoms with E-state index in [1.807, 2.05) is 13.8 Å². The normalized spacial score (nSPS) is 19.6. The maximum atomic E-state index is 11.6. The summed E-state index contributed by atoms with van der Waals surface area (Å²) < 4.78 is 0. The second-order valence-electron chi connectivity index (χ2n) is 4.18. The molecular weight excluding hydrogens is 212 g/mol. The van der Waals surface area contributed by atoms with Crippen molar-refractivity contribution in [2.75, 3.05) is 26.2 Å². The molecule has 16 heavy (non-hydrogen) atoms. The largest absolute Gasteiger partial charge is 0.394 e. The van der Waals surface area contributed by atoms with Crippen LogP contribution >= 0.6 is 0 Å². The Morgan fingerprint density at radius 3 is 2.38 bits per heavy atom. The molecule has 0 aromatic carbocycles. The van der Waals surface area contributed by atoms with E-state index in [0.29, 0.717) is 13.1 Å². The molecule has 1 atom stereocenters. The van der Waals surface area contributed by atoms with E-state index in [9.17, 15) is 14.7 Å². The molecule has 1 aliphatic rings. The van der Waals surface area contributed by atoms with E-state index >= 15 is 0 Å². The van der Waals surface area contributed by atoms with E-state index in [2.05, 4.69) is 0 Å². The number of hydrogen-bond acceptors (Lipinski definition) is 4. The first-order chi connectivity index (χ1) is 7.47. The van der Waals surface area contributed by atoms with Gasteiger partial charge in [0.15, 0.2) is 0 Å². The minimum atomic E-state index is -0.984. The van der Waals surface area contributed by atoms with Gasteiger partial charge in [-0.15, -0.1) is 0 Å². The van der Waals surface area contributed by atoms with E-state index in [1.165, 1.54) is 9.80 Å². The Labute approximate surface area is 94.4 Å². The molecule has 2 amide bonds. The number of β-amino-alcohol motifs (C(OH)–C–C–N with tert-alkyl or cyclic N) is 1. The highest BCUT2D eigenvalue weighted by atomic mass is 16.3. The molecule has 1 rings (SSSR count). The second kappa shape index (κ2) is 5.27. The van der Waals surface area contributed by atoms with Gasteiger partial charge in [-0.2, -0.15) is 0 Å². The maximum absolute atomic E-state index is 11.6. The van der Waals surface area contributed by atoms with Crippen LogP contribution in [0.4, 0.5) is 0 Å². The molecule has 0 aromatic heterocycles. The predicted octanol–water partition coefficient (Wildman–Crippen LogP) is -1.58. The first kappa shape index (κ1) is 12.9. The zero-order valence-corrected chi connectivity index (χ0v) is 9.59. The standard InChI is InChI=1S/C10H18N2O4/c1-7(2)12-4-3-11(5-8(14)6-13)9(15)10(12)16/h7-8,13-14H,3-6H2,1-2H3. The molecule has 0 aromatic rings. The fourth-order valence-corrected chi connectivity index (χ4v) is 1.67. The number of rotatable bonds is 4. The minimum Gasteiger partial charge on any atom is -0.394 e. The van der Waals surface area contributed by atoms with Crippen LogP contribution in [-0.4, -0.2) is 70.2 Å². The van der Waals surface area contributed by atoms with Crippen molar-refractivity contribution < 1.29 is 19.8 Å². The number of carbonyl (C=O) groups excluding carboxylic acids is 2. The lowest BCUT2D eigenvalue weighted by molar-refractivity contribution is -0.158. The van der Waals surface area contributed by atoms with Gasteiger partial charge in [0.25, 0.3) is 0 Å². The fourth-order valence-electron chi connectivity index (χ4n) is 1.67. The van der Waals surface area contributed by atoms with Gasteiger partial charge in [-0.25, -0.2) is 0 Å². The summed E-state index contributed by atoms with van der Waals surface area (Å²) in [5.41, 5.74) is 0. The van der Waals surface area contributed by atoms with Crippen molar-refractivity contribution in [3.05, 3.63) is 0 Å². The number of amides is 2. The molecule has 1 unspecified atom stereocenters. The molecule has 0 saturated carbocycles. The molecular formula is C10H18N2O4. The summed E-state index contributed by atoms with van der Waals surface area (Å²) in [6.07, 6.45) is -0.984. The molecule has 1 saturated heterocycles. The van der Waals surface area contributed by atoms with E-state index in [-0.39, 0.29) is 12.6 Å². The highest BCUT2D eigenvalue weighted by Gasteiger charge is 2.34. The summed E-state index contributed by atoms with van der Waals surface area (Å²) in [5.74, 6) is -1.14. The first-order valence-electron chi connectivity index (χ1n) is 5.36. The van der Waals surface area contributed by atoms with Crippen LogP contribution in [0.1, 0.15) is 13.8 Å². The number of carbonyl (C=O) groups is 2. The predicted molar refractivity (Wildman–Crippen MR) is 56.5 cm³/mol. The van der Waals surface area contributed by atoms with Crippen LogP contribution < -0.4 is 0 Å². The van der Waals surface area contributed by atoms with Gasteiger partial charge in [-0.1, -0.05) is 0 Å². The molecule has 92 valence electrons. The Morgan fingerprint density at radius 1 is 1.25 bits per heavy atom. The number of aliphatic hydroxyl groups excluding tert-OH is 2. The number of piperazine rings is 1. The van der Waals surface area contributed by atoms with Crippen molar-refractivity contribution in [1.82, 2.24) is 9.80 Å². The van der Waals surface area contributed by atoms with E-state index < -0.39 is 24.5 Å². The SMILES string of the molecule is CC(C)N1CCN(CC(O)CO)C(=O)C1=O. The average Bonchev–Trinajstić information content (AvgIpc) is 2.24. The number of aliphatic hydroxyl groups is 2. The summed E-state index contributed by atoms with van der Waals surface area (Å²) in [6.45, 7) is 4.17. The van der Waals surface area contributed by atoms with Crippen molar-refractivity contribution >= 4 is 11.8 Å². The lowest BCUT2D eigenvalue weighted by atomic mass is 10.2. The van der Waals surface area contributed by atoms with Gasteiger partial charge >= 0.3 is 11.8 Å². The van der Waals surface area contributed by atoms with Gasteiger partial charge in [0.05, 0.1) is 12.7 Å². The molecule has 6 nitrogen and oxygen atoms in total. The highest BCUT2D eigenvalue weighted by Crippen LogP contribution is 2.09.